The van der Waals surface area contributed by atoms with Gasteiger partial charge in [-0.2, -0.15) is 5.26 Å². The zero-order valence-electron chi connectivity index (χ0n) is 11.8. The average molecular weight is 307 g/mol. The number of nitrogens with one attached hydrogen (secondary N) is 2. The van der Waals surface area contributed by atoms with Crippen LogP contribution in [0.1, 0.15) is 29.4 Å². The molecule has 0 spiro atoms. The highest BCUT2D eigenvalue weighted by Gasteiger charge is 2.13. The van der Waals surface area contributed by atoms with Crippen molar-refractivity contribution in [3.05, 3.63) is 29.5 Å². The van der Waals surface area contributed by atoms with Gasteiger partial charge in [-0.05, 0) is 30.2 Å². The molecule has 0 aliphatic rings. The van der Waals surface area contributed by atoms with Crippen LogP contribution in [0.25, 0.3) is 10.9 Å². The molecule has 2 rings (SSSR count). The molecule has 21 heavy (non-hydrogen) atoms. The molecule has 1 aromatic carbocycles. The third-order valence-electron chi connectivity index (χ3n) is 3.07. The van der Waals surface area contributed by atoms with E-state index in [1.807, 2.05) is 19.1 Å². The Hall–Kier alpha value is -2.01. The van der Waals surface area contributed by atoms with Crippen molar-refractivity contribution in [2.75, 3.05) is 11.0 Å². The summed E-state index contributed by atoms with van der Waals surface area (Å²) in [5.74, 6) is -0.263. The lowest BCUT2D eigenvalue weighted by molar-refractivity contribution is 0.0994. The lowest BCUT2D eigenvalue weighted by atomic mass is 10.1. The van der Waals surface area contributed by atoms with Crippen LogP contribution >= 0.6 is 10.8 Å². The third-order valence-corrected chi connectivity index (χ3v) is 3.68. The first-order valence-electron chi connectivity index (χ1n) is 6.41. The second-order valence-electron chi connectivity index (χ2n) is 4.83. The van der Waals surface area contributed by atoms with Crippen LogP contribution in [0.3, 0.4) is 0 Å². The Morgan fingerprint density at radius 1 is 1.43 bits per heavy atom. The molecule has 0 aliphatic carbocycles. The van der Waals surface area contributed by atoms with Crippen molar-refractivity contribution in [2.24, 2.45) is 0 Å². The van der Waals surface area contributed by atoms with Crippen molar-refractivity contribution < 1.29 is 13.9 Å². The number of carbonyl (C=O) groups is 1. The number of hydrogen-bond acceptors (Lipinski definition) is 5. The molecule has 0 amide bonds. The van der Waals surface area contributed by atoms with Crippen molar-refractivity contribution in [1.29, 1.82) is 5.26 Å². The molecule has 0 fully saturated rings. The van der Waals surface area contributed by atoms with Gasteiger partial charge in [0.1, 0.15) is 6.42 Å². The maximum Gasteiger partial charge on any atom is 0.193 e. The highest BCUT2D eigenvalue weighted by Crippen LogP contribution is 2.37. The molecule has 0 aliphatic heterocycles. The van der Waals surface area contributed by atoms with E-state index in [0.29, 0.717) is 23.3 Å². The van der Waals surface area contributed by atoms with Gasteiger partial charge in [-0.3, -0.25) is 18.6 Å². The van der Waals surface area contributed by atoms with Crippen molar-refractivity contribution in [1.82, 2.24) is 4.98 Å². The lowest BCUT2D eigenvalue weighted by Crippen LogP contribution is -2.08. The number of nitrogens with zero attached hydrogens (tertiary/aromatic N) is 1. The number of anilines is 1. The van der Waals surface area contributed by atoms with Crippen LogP contribution in [0.2, 0.25) is 0 Å². The summed E-state index contributed by atoms with van der Waals surface area (Å²) in [6.45, 7) is 1.96. The molecule has 6 nitrogen and oxygen atoms in total. The number of carbonyl (C=O) groups excluding carboxylic acids is 1. The first-order chi connectivity index (χ1) is 9.84. The minimum Gasteiger partial charge on any atom is -0.352 e. The van der Waals surface area contributed by atoms with Gasteiger partial charge in [-0.1, -0.05) is 6.92 Å². The monoisotopic (exact) mass is 307 g/mol. The van der Waals surface area contributed by atoms with Gasteiger partial charge in [0.25, 0.3) is 0 Å². The fraction of sp³-hybridized carbons (Fsp3) is 0.286. The van der Waals surface area contributed by atoms with E-state index in [4.69, 9.17) is 5.26 Å². The standard InChI is InChI=1S/C14H17N3O3S/c1-3-9-6-10-7-13(14(18)4-5-15)16-11(10)8-12(9)17-21(2,19)20/h6-8,16-17,19-20H,3-4H2,1-2H3. The predicted octanol–water partition coefficient (Wildman–Crippen LogP) is 3.53. The first kappa shape index (κ1) is 15.4. The lowest BCUT2D eigenvalue weighted by Gasteiger charge is -2.29. The van der Waals surface area contributed by atoms with Crippen molar-refractivity contribution in [3.63, 3.8) is 0 Å². The predicted molar refractivity (Wildman–Crippen MR) is 84.6 cm³/mol. The van der Waals surface area contributed by atoms with E-state index < -0.39 is 10.8 Å². The van der Waals surface area contributed by atoms with Crippen molar-refractivity contribution >= 4 is 33.1 Å². The second kappa shape index (κ2) is 5.77. The van der Waals surface area contributed by atoms with Crippen LogP contribution in [0.5, 0.6) is 0 Å². The van der Waals surface area contributed by atoms with Gasteiger partial charge in [-0.25, -0.2) is 0 Å². The summed E-state index contributed by atoms with van der Waals surface area (Å²) in [6, 6.07) is 7.18. The van der Waals surface area contributed by atoms with Crippen LogP contribution in [0.15, 0.2) is 18.2 Å². The Balaban J connectivity index is 2.48. The molecule has 0 saturated carbocycles. The number of fused-ring (bicyclic) bond motifs is 1. The molecule has 0 bridgehead atoms. The van der Waals surface area contributed by atoms with E-state index in [1.54, 1.807) is 12.1 Å². The molecule has 0 radical (unpaired) electrons. The van der Waals surface area contributed by atoms with Gasteiger partial charge in [0.2, 0.25) is 0 Å². The molecule has 0 unspecified atom stereocenters. The van der Waals surface area contributed by atoms with Crippen LogP contribution in [0.4, 0.5) is 5.69 Å². The van der Waals surface area contributed by atoms with Crippen LogP contribution in [-0.4, -0.2) is 26.1 Å². The molecule has 112 valence electrons. The highest BCUT2D eigenvalue weighted by molar-refractivity contribution is 8.24. The fourth-order valence-corrected chi connectivity index (χ4v) is 2.75. The van der Waals surface area contributed by atoms with E-state index in [1.165, 1.54) is 6.26 Å². The summed E-state index contributed by atoms with van der Waals surface area (Å²) in [4.78, 5) is 14.7. The Labute approximate surface area is 124 Å². The number of aryl methyl sites for hydroxylation is 1. The Bertz CT molecular complexity index is 725. The van der Waals surface area contributed by atoms with Crippen LogP contribution < -0.4 is 4.72 Å². The minimum absolute atomic E-state index is 0.173. The number of benzene rings is 1. The van der Waals surface area contributed by atoms with Crippen molar-refractivity contribution in [2.45, 2.75) is 19.8 Å². The smallest absolute Gasteiger partial charge is 0.193 e. The number of aromatic amines is 1. The Morgan fingerprint density at radius 2 is 2.14 bits per heavy atom. The number of hydrogen-bond donors (Lipinski definition) is 4. The van der Waals surface area contributed by atoms with Gasteiger partial charge >= 0.3 is 0 Å². The molecule has 1 aromatic heterocycles. The topological polar surface area (TPSA) is 109 Å². The van der Waals surface area contributed by atoms with Crippen LogP contribution in [-0.2, 0) is 6.42 Å². The van der Waals surface area contributed by atoms with Gasteiger partial charge in [0.15, 0.2) is 5.78 Å². The first-order valence-corrected chi connectivity index (χ1v) is 8.36. The van der Waals surface area contributed by atoms with Crippen LogP contribution in [0, 0.1) is 11.3 Å². The summed E-state index contributed by atoms with van der Waals surface area (Å²) in [5.41, 5.74) is 2.63. The molecule has 0 saturated heterocycles. The summed E-state index contributed by atoms with van der Waals surface area (Å²) >= 11 is 0. The van der Waals surface area contributed by atoms with Crippen molar-refractivity contribution in [3.8, 4) is 6.07 Å². The summed E-state index contributed by atoms with van der Waals surface area (Å²) in [5, 5.41) is 9.43. The van der Waals surface area contributed by atoms with E-state index in [9.17, 15) is 13.9 Å². The number of ketones is 1. The van der Waals surface area contributed by atoms with E-state index in [0.717, 1.165) is 10.9 Å². The summed E-state index contributed by atoms with van der Waals surface area (Å²) in [6.07, 6.45) is 1.85. The molecular formula is C14H17N3O3S. The molecule has 7 heteroatoms. The molecule has 0 atom stereocenters. The number of aromatic nitrogens is 1. The second-order valence-corrected chi connectivity index (χ2v) is 6.70. The zero-order chi connectivity index (χ0) is 15.6. The maximum absolute atomic E-state index is 11.7. The number of nitriles is 1. The molecule has 1 heterocycles. The number of Topliss-reactive ketones (excluding diaryl/α,β-unsaturated/α-hetero) is 1. The third kappa shape index (κ3) is 3.55. The van der Waals surface area contributed by atoms with E-state index >= 15 is 0 Å². The quantitative estimate of drug-likeness (QED) is 0.632. The number of H-pyrrole nitrogens is 1. The number of rotatable bonds is 5. The SMILES string of the molecule is CCc1cc2cc(C(=O)CC#N)[nH]c2cc1NS(C)(O)O. The van der Waals surface area contributed by atoms with E-state index in [2.05, 4.69) is 9.71 Å². The van der Waals surface area contributed by atoms with Gasteiger partial charge < -0.3 is 4.98 Å². The molecule has 4 N–H and O–H groups in total. The Morgan fingerprint density at radius 3 is 2.71 bits per heavy atom. The summed E-state index contributed by atoms with van der Waals surface area (Å²) in [7, 11) is -2.87. The zero-order valence-corrected chi connectivity index (χ0v) is 12.6. The highest BCUT2D eigenvalue weighted by atomic mass is 32.3. The largest absolute Gasteiger partial charge is 0.352 e. The Kier molecular flexibility index (Phi) is 4.23. The summed E-state index contributed by atoms with van der Waals surface area (Å²) < 4.78 is 21.8. The van der Waals surface area contributed by atoms with Gasteiger partial charge in [0, 0.05) is 17.2 Å². The maximum atomic E-state index is 11.7. The van der Waals surface area contributed by atoms with Gasteiger partial charge in [-0.15, -0.1) is 10.8 Å². The average Bonchev–Trinajstić information content (AvgIpc) is 2.79. The minimum atomic E-state index is -2.87. The van der Waals surface area contributed by atoms with E-state index in [-0.39, 0.29) is 12.2 Å². The fourth-order valence-electron chi connectivity index (χ4n) is 2.14. The van der Waals surface area contributed by atoms with Gasteiger partial charge in [0.05, 0.1) is 17.5 Å². The molecular weight excluding hydrogens is 290 g/mol. The molecule has 2 aromatic rings. The normalized spacial score (nSPS) is 12.1.